The average Bonchev–Trinajstić information content (AvgIpc) is 3.00. The van der Waals surface area contributed by atoms with Gasteiger partial charge in [0.05, 0.1) is 5.56 Å². The van der Waals surface area contributed by atoms with Crippen molar-refractivity contribution in [3.8, 4) is 11.5 Å². The number of benzene rings is 2. The van der Waals surface area contributed by atoms with Gasteiger partial charge in [0.1, 0.15) is 22.6 Å². The Hall–Kier alpha value is -3.52. The number of pyridine rings is 1. The van der Waals surface area contributed by atoms with E-state index in [1.54, 1.807) is 23.9 Å². The van der Waals surface area contributed by atoms with Gasteiger partial charge in [0.15, 0.2) is 0 Å². The number of amides is 2. The lowest BCUT2D eigenvalue weighted by Gasteiger charge is -2.18. The van der Waals surface area contributed by atoms with Crippen LogP contribution in [-0.4, -0.2) is 35.1 Å². The van der Waals surface area contributed by atoms with Gasteiger partial charge in [-0.15, -0.1) is 11.8 Å². The maximum absolute atomic E-state index is 12.9. The molecule has 3 aromatic rings. The van der Waals surface area contributed by atoms with Crippen molar-refractivity contribution in [2.45, 2.75) is 17.7 Å². The molecule has 2 amide bonds. The second kappa shape index (κ2) is 10.2. The highest BCUT2D eigenvalue weighted by Crippen LogP contribution is 2.33. The number of anilines is 1. The van der Waals surface area contributed by atoms with Gasteiger partial charge in [-0.1, -0.05) is 30.3 Å². The van der Waals surface area contributed by atoms with Gasteiger partial charge in [0, 0.05) is 18.8 Å². The number of aromatic nitrogens is 1. The minimum Gasteiger partial charge on any atom is -0.457 e. The summed E-state index contributed by atoms with van der Waals surface area (Å²) in [5, 5.41) is 5.61. The summed E-state index contributed by atoms with van der Waals surface area (Å²) in [4.78, 5) is 29.1. The third-order valence-electron chi connectivity index (χ3n) is 5.05. The van der Waals surface area contributed by atoms with Gasteiger partial charge < -0.3 is 21.1 Å². The van der Waals surface area contributed by atoms with Crippen LogP contribution in [0.4, 0.5) is 5.82 Å². The maximum atomic E-state index is 12.9. The number of para-hydroxylation sites is 1. The summed E-state index contributed by atoms with van der Waals surface area (Å²) in [5.74, 6) is 2.35. The highest BCUT2D eigenvalue weighted by molar-refractivity contribution is 8.00. The number of carbonyl (C=O) groups is 2. The molecule has 4 rings (SSSR count). The SMILES string of the molecule is Nc1ccc(C(=O)NC[C@@H]2CCS[C@H](c3ccc(Oc4ccccc4)cc3)C(=O)N2)cn1. The number of carbonyl (C=O) groups excluding carboxylic acids is 2. The molecule has 0 radical (unpaired) electrons. The molecule has 0 saturated carbocycles. The van der Waals surface area contributed by atoms with E-state index < -0.39 is 0 Å². The van der Waals surface area contributed by atoms with E-state index in [-0.39, 0.29) is 23.1 Å². The summed E-state index contributed by atoms with van der Waals surface area (Å²) in [6.07, 6.45) is 2.20. The highest BCUT2D eigenvalue weighted by Gasteiger charge is 2.27. The average molecular weight is 449 g/mol. The first-order chi connectivity index (χ1) is 15.6. The molecule has 8 heteroatoms. The van der Waals surface area contributed by atoms with Crippen molar-refractivity contribution in [3.05, 3.63) is 84.1 Å². The smallest absolute Gasteiger partial charge is 0.252 e. The van der Waals surface area contributed by atoms with Gasteiger partial charge in [0.2, 0.25) is 5.91 Å². The van der Waals surface area contributed by atoms with E-state index in [0.717, 1.165) is 29.2 Å². The number of rotatable bonds is 6. The summed E-state index contributed by atoms with van der Waals surface area (Å²) >= 11 is 1.60. The minimum atomic E-state index is -0.303. The predicted molar refractivity (Wildman–Crippen MR) is 126 cm³/mol. The van der Waals surface area contributed by atoms with Crippen molar-refractivity contribution < 1.29 is 14.3 Å². The van der Waals surface area contributed by atoms with Crippen LogP contribution in [0.1, 0.15) is 27.6 Å². The number of ether oxygens (including phenoxy) is 1. The molecule has 2 atom stereocenters. The first-order valence-electron chi connectivity index (χ1n) is 10.3. The van der Waals surface area contributed by atoms with E-state index in [2.05, 4.69) is 15.6 Å². The van der Waals surface area contributed by atoms with Crippen LogP contribution in [0.2, 0.25) is 0 Å². The molecule has 0 bridgehead atoms. The van der Waals surface area contributed by atoms with Crippen LogP contribution in [0.3, 0.4) is 0 Å². The Balaban J connectivity index is 1.33. The van der Waals surface area contributed by atoms with E-state index in [9.17, 15) is 9.59 Å². The van der Waals surface area contributed by atoms with Crippen molar-refractivity contribution in [2.24, 2.45) is 0 Å². The molecule has 4 N–H and O–H groups in total. The van der Waals surface area contributed by atoms with Crippen LogP contribution in [-0.2, 0) is 4.79 Å². The Labute approximate surface area is 190 Å². The molecular formula is C24H24N4O3S. The molecule has 0 unspecified atom stereocenters. The fraction of sp³-hybridized carbons (Fsp3) is 0.208. The monoisotopic (exact) mass is 448 g/mol. The molecule has 2 aromatic carbocycles. The lowest BCUT2D eigenvalue weighted by molar-refractivity contribution is -0.121. The van der Waals surface area contributed by atoms with Crippen molar-refractivity contribution in [3.63, 3.8) is 0 Å². The standard InChI is InChI=1S/C24H24N4O3S/c25-21-11-8-17(14-26-21)23(29)27-15-18-12-13-32-22(24(30)28-18)16-6-9-20(10-7-16)31-19-4-2-1-3-5-19/h1-11,14,18,22H,12-13,15H2,(H2,25,26)(H,27,29)(H,28,30)/t18-,22+/m0/s1. The number of hydrogen-bond acceptors (Lipinski definition) is 6. The summed E-state index contributed by atoms with van der Waals surface area (Å²) in [5.41, 5.74) is 6.91. The second-order valence-corrected chi connectivity index (χ2v) is 8.62. The Kier molecular flexibility index (Phi) is 6.91. The first-order valence-corrected chi connectivity index (χ1v) is 11.4. The summed E-state index contributed by atoms with van der Waals surface area (Å²) in [7, 11) is 0. The zero-order chi connectivity index (χ0) is 22.3. The molecule has 164 valence electrons. The zero-order valence-corrected chi connectivity index (χ0v) is 18.2. The molecule has 7 nitrogen and oxygen atoms in total. The number of hydrogen-bond donors (Lipinski definition) is 3. The summed E-state index contributed by atoms with van der Waals surface area (Å²) in [6.45, 7) is 0.353. The van der Waals surface area contributed by atoms with E-state index >= 15 is 0 Å². The van der Waals surface area contributed by atoms with Gasteiger partial charge in [-0.2, -0.15) is 0 Å². The lowest BCUT2D eigenvalue weighted by atomic mass is 10.1. The van der Waals surface area contributed by atoms with Gasteiger partial charge >= 0.3 is 0 Å². The van der Waals surface area contributed by atoms with E-state index in [0.29, 0.717) is 17.9 Å². The number of nitrogen functional groups attached to an aromatic ring is 1. The van der Waals surface area contributed by atoms with Crippen LogP contribution in [0.25, 0.3) is 0 Å². The number of nitrogens with zero attached hydrogens (tertiary/aromatic N) is 1. The first kappa shape index (κ1) is 21.7. The van der Waals surface area contributed by atoms with E-state index in [4.69, 9.17) is 10.5 Å². The molecule has 1 saturated heterocycles. The van der Waals surface area contributed by atoms with Crippen LogP contribution >= 0.6 is 11.8 Å². The molecule has 1 aliphatic rings. The Morgan fingerprint density at radius 1 is 1.09 bits per heavy atom. The normalized spacial score (nSPS) is 18.3. The fourth-order valence-electron chi connectivity index (χ4n) is 3.35. The van der Waals surface area contributed by atoms with E-state index in [1.165, 1.54) is 6.20 Å². The quantitative estimate of drug-likeness (QED) is 0.533. The molecular weight excluding hydrogens is 424 g/mol. The van der Waals surface area contributed by atoms with Gasteiger partial charge in [-0.3, -0.25) is 9.59 Å². The molecule has 1 fully saturated rings. The third kappa shape index (κ3) is 5.59. The van der Waals surface area contributed by atoms with E-state index in [1.807, 2.05) is 54.6 Å². The lowest BCUT2D eigenvalue weighted by Crippen LogP contribution is -2.43. The number of nitrogens with one attached hydrogen (secondary N) is 2. The van der Waals surface area contributed by atoms with Crippen molar-refractivity contribution in [1.29, 1.82) is 0 Å². The maximum Gasteiger partial charge on any atom is 0.252 e. The van der Waals surface area contributed by atoms with Crippen LogP contribution < -0.4 is 21.1 Å². The second-order valence-electron chi connectivity index (χ2n) is 7.41. The fourth-order valence-corrected chi connectivity index (χ4v) is 4.57. The zero-order valence-electron chi connectivity index (χ0n) is 17.4. The molecule has 1 aromatic heterocycles. The van der Waals surface area contributed by atoms with Gasteiger partial charge in [-0.05, 0) is 54.1 Å². The molecule has 1 aliphatic heterocycles. The number of nitrogens with two attached hydrogens (primary N) is 1. The van der Waals surface area contributed by atoms with Crippen molar-refractivity contribution in [2.75, 3.05) is 18.0 Å². The van der Waals surface area contributed by atoms with Crippen molar-refractivity contribution >= 4 is 29.4 Å². The summed E-state index contributed by atoms with van der Waals surface area (Å²) < 4.78 is 5.83. The van der Waals surface area contributed by atoms with Crippen molar-refractivity contribution in [1.82, 2.24) is 15.6 Å². The van der Waals surface area contributed by atoms with Crippen LogP contribution in [0, 0.1) is 0 Å². The third-order valence-corrected chi connectivity index (χ3v) is 6.35. The predicted octanol–water partition coefficient (Wildman–Crippen LogP) is 3.55. The van der Waals surface area contributed by atoms with Gasteiger partial charge in [-0.25, -0.2) is 4.98 Å². The molecule has 32 heavy (non-hydrogen) atoms. The Bertz CT molecular complexity index is 1060. The Morgan fingerprint density at radius 2 is 1.84 bits per heavy atom. The summed E-state index contributed by atoms with van der Waals surface area (Å²) in [6, 6.07) is 20.2. The topological polar surface area (TPSA) is 106 Å². The minimum absolute atomic E-state index is 0.0578. The van der Waals surface area contributed by atoms with Crippen LogP contribution in [0.15, 0.2) is 72.9 Å². The molecule has 0 spiro atoms. The number of thioether (sulfide) groups is 1. The Morgan fingerprint density at radius 3 is 2.56 bits per heavy atom. The highest BCUT2D eigenvalue weighted by atomic mass is 32.2. The molecule has 2 heterocycles. The molecule has 0 aliphatic carbocycles. The van der Waals surface area contributed by atoms with Gasteiger partial charge in [0.25, 0.3) is 5.91 Å². The van der Waals surface area contributed by atoms with Crippen LogP contribution in [0.5, 0.6) is 11.5 Å². The largest absolute Gasteiger partial charge is 0.457 e.